The number of rotatable bonds is 5. The molecule has 1 aromatic heterocycles. The Morgan fingerprint density at radius 3 is 2.45 bits per heavy atom. The Labute approximate surface area is 183 Å². The summed E-state index contributed by atoms with van der Waals surface area (Å²) in [6.07, 6.45) is 1.74. The van der Waals surface area contributed by atoms with Gasteiger partial charge in [0.25, 0.3) is 11.5 Å². The number of fused-ring (bicyclic) bond motifs is 1. The molecule has 0 bridgehead atoms. The maximum atomic E-state index is 13.1. The Kier molecular flexibility index (Phi) is 6.99. The van der Waals surface area contributed by atoms with E-state index in [0.29, 0.717) is 63.4 Å². The van der Waals surface area contributed by atoms with E-state index in [9.17, 15) is 19.2 Å². The minimum absolute atomic E-state index is 0.0273. The highest BCUT2D eigenvalue weighted by molar-refractivity contribution is 6.02. The van der Waals surface area contributed by atoms with Crippen molar-refractivity contribution in [3.05, 3.63) is 33.2 Å². The lowest BCUT2D eigenvalue weighted by Crippen LogP contribution is -2.42. The van der Waals surface area contributed by atoms with Gasteiger partial charge in [-0.1, -0.05) is 13.8 Å². The number of hydrogen-bond acceptors (Lipinski definition) is 5. The molecule has 2 amide bonds. The summed E-state index contributed by atoms with van der Waals surface area (Å²) in [6, 6.07) is 1.49. The zero-order valence-corrected chi connectivity index (χ0v) is 19.1. The quantitative estimate of drug-likeness (QED) is 0.765. The van der Waals surface area contributed by atoms with Crippen LogP contribution in [0.1, 0.15) is 66.9 Å². The number of hydrogen-bond donors (Lipinski definition) is 1. The number of amides is 2. The van der Waals surface area contributed by atoms with E-state index in [1.807, 2.05) is 27.7 Å². The van der Waals surface area contributed by atoms with E-state index >= 15 is 0 Å². The molecule has 1 aliphatic carbocycles. The third kappa shape index (κ3) is 5.23. The molecule has 0 atom stereocenters. The van der Waals surface area contributed by atoms with Crippen molar-refractivity contribution >= 4 is 17.6 Å². The second-order valence-corrected chi connectivity index (χ2v) is 9.33. The molecule has 170 valence electrons. The summed E-state index contributed by atoms with van der Waals surface area (Å²) >= 11 is 0. The number of H-pyrrole nitrogens is 1. The van der Waals surface area contributed by atoms with Crippen LogP contribution in [0.25, 0.3) is 0 Å². The number of pyridine rings is 1. The number of Topliss-reactive ketones (excluding diaryl/α,β-unsaturated/α-hetero) is 1. The van der Waals surface area contributed by atoms with Crippen LogP contribution in [0.15, 0.2) is 10.9 Å². The van der Waals surface area contributed by atoms with Crippen molar-refractivity contribution in [2.24, 2.45) is 5.41 Å². The molecular weight excluding hydrogens is 396 g/mol. The summed E-state index contributed by atoms with van der Waals surface area (Å²) in [6.45, 7) is 11.9. The van der Waals surface area contributed by atoms with Crippen LogP contribution >= 0.6 is 0 Å². The number of likely N-dealkylation sites (N-methyl/N-ethyl adjacent to an activating group) is 1. The number of nitrogens with one attached hydrogen (secondary N) is 1. The average molecular weight is 431 g/mol. The topological polar surface area (TPSA) is 93.8 Å². The van der Waals surface area contributed by atoms with Crippen LogP contribution in [0.4, 0.5) is 0 Å². The summed E-state index contributed by atoms with van der Waals surface area (Å²) in [5, 5.41) is 0. The summed E-state index contributed by atoms with van der Waals surface area (Å²) < 4.78 is 0. The number of carbonyl (C=O) groups is 3. The molecule has 2 aliphatic rings. The third-order valence-electron chi connectivity index (χ3n) is 6.30. The Hall–Kier alpha value is -2.48. The van der Waals surface area contributed by atoms with Gasteiger partial charge < -0.3 is 14.8 Å². The monoisotopic (exact) mass is 430 g/mol. The molecule has 1 aromatic rings. The number of aromatic nitrogens is 1. The van der Waals surface area contributed by atoms with Crippen molar-refractivity contribution < 1.29 is 14.4 Å². The van der Waals surface area contributed by atoms with Crippen LogP contribution in [-0.4, -0.2) is 83.1 Å². The van der Waals surface area contributed by atoms with E-state index in [1.165, 1.54) is 6.07 Å². The van der Waals surface area contributed by atoms with E-state index in [2.05, 4.69) is 9.88 Å². The van der Waals surface area contributed by atoms with Crippen LogP contribution in [0.3, 0.4) is 0 Å². The molecule has 31 heavy (non-hydrogen) atoms. The van der Waals surface area contributed by atoms with Gasteiger partial charge in [0.15, 0.2) is 5.78 Å². The minimum Gasteiger partial charge on any atom is -0.342 e. The van der Waals surface area contributed by atoms with Gasteiger partial charge in [0.1, 0.15) is 5.56 Å². The second kappa shape index (κ2) is 9.34. The van der Waals surface area contributed by atoms with Gasteiger partial charge in [-0.2, -0.15) is 0 Å². The van der Waals surface area contributed by atoms with Gasteiger partial charge in [-0.25, -0.2) is 0 Å². The fourth-order valence-corrected chi connectivity index (χ4v) is 4.56. The van der Waals surface area contributed by atoms with E-state index in [-0.39, 0.29) is 28.6 Å². The molecule has 0 radical (unpaired) electrons. The molecule has 1 saturated heterocycles. The van der Waals surface area contributed by atoms with E-state index in [1.54, 1.807) is 9.80 Å². The molecule has 0 saturated carbocycles. The highest BCUT2D eigenvalue weighted by atomic mass is 16.2. The molecule has 8 nitrogen and oxygen atoms in total. The lowest BCUT2D eigenvalue weighted by molar-refractivity contribution is -0.132. The number of aromatic amines is 1. The SMILES string of the molecule is CCN(CC)C(=O)CN1CCCN(C(=O)c2cc3c([nH]c2=O)CC(C)(C)CC3=O)CC1. The first-order valence-corrected chi connectivity index (χ1v) is 11.2. The lowest BCUT2D eigenvalue weighted by Gasteiger charge is -2.30. The predicted molar refractivity (Wildman–Crippen MR) is 118 cm³/mol. The molecule has 2 heterocycles. The van der Waals surface area contributed by atoms with Crippen LogP contribution in [0.5, 0.6) is 0 Å². The summed E-state index contributed by atoms with van der Waals surface area (Å²) in [5.41, 5.74) is 0.477. The zero-order valence-electron chi connectivity index (χ0n) is 19.1. The predicted octanol–water partition coefficient (Wildman–Crippen LogP) is 1.55. The molecule has 3 rings (SSSR count). The molecule has 8 heteroatoms. The van der Waals surface area contributed by atoms with Crippen LogP contribution in [0.2, 0.25) is 0 Å². The largest absolute Gasteiger partial charge is 0.342 e. The molecule has 0 unspecified atom stereocenters. The molecule has 1 fully saturated rings. The summed E-state index contributed by atoms with van der Waals surface area (Å²) in [4.78, 5) is 59.1. The van der Waals surface area contributed by atoms with Gasteiger partial charge >= 0.3 is 0 Å². The first-order valence-electron chi connectivity index (χ1n) is 11.2. The van der Waals surface area contributed by atoms with Gasteiger partial charge in [-0.05, 0) is 38.2 Å². The molecular formula is C23H34N4O4. The van der Waals surface area contributed by atoms with Gasteiger partial charge in [0.05, 0.1) is 6.54 Å². The second-order valence-electron chi connectivity index (χ2n) is 9.33. The average Bonchev–Trinajstić information content (AvgIpc) is 2.92. The maximum absolute atomic E-state index is 13.1. The van der Waals surface area contributed by atoms with Crippen molar-refractivity contribution in [2.75, 3.05) is 45.8 Å². The summed E-state index contributed by atoms with van der Waals surface area (Å²) in [7, 11) is 0. The normalized spacial score (nSPS) is 19.0. The van der Waals surface area contributed by atoms with Crippen LogP contribution < -0.4 is 5.56 Å². The fraction of sp³-hybridized carbons (Fsp3) is 0.652. The number of carbonyl (C=O) groups excluding carboxylic acids is 3. The van der Waals surface area contributed by atoms with Crippen LogP contribution in [-0.2, 0) is 11.2 Å². The van der Waals surface area contributed by atoms with Gasteiger partial charge in [0, 0.05) is 56.9 Å². The fourth-order valence-electron chi connectivity index (χ4n) is 4.56. The zero-order chi connectivity index (χ0) is 22.8. The Morgan fingerprint density at radius 2 is 1.77 bits per heavy atom. The Balaban J connectivity index is 1.71. The molecule has 1 aliphatic heterocycles. The minimum atomic E-state index is -0.438. The van der Waals surface area contributed by atoms with Crippen LogP contribution in [0, 0.1) is 5.41 Å². The van der Waals surface area contributed by atoms with Crippen molar-refractivity contribution in [1.29, 1.82) is 0 Å². The highest BCUT2D eigenvalue weighted by Gasteiger charge is 2.33. The molecule has 1 N–H and O–H groups in total. The first-order chi connectivity index (χ1) is 14.6. The number of ketones is 1. The van der Waals surface area contributed by atoms with Gasteiger partial charge in [0.2, 0.25) is 5.91 Å². The Morgan fingerprint density at radius 1 is 1.06 bits per heavy atom. The van der Waals surface area contributed by atoms with E-state index < -0.39 is 5.56 Å². The summed E-state index contributed by atoms with van der Waals surface area (Å²) in [5.74, 6) is -0.288. The van der Waals surface area contributed by atoms with Crippen molar-refractivity contribution in [1.82, 2.24) is 19.7 Å². The Bertz CT molecular complexity index is 917. The third-order valence-corrected chi connectivity index (χ3v) is 6.30. The van der Waals surface area contributed by atoms with E-state index in [0.717, 1.165) is 13.0 Å². The van der Waals surface area contributed by atoms with Gasteiger partial charge in [-0.15, -0.1) is 0 Å². The maximum Gasteiger partial charge on any atom is 0.261 e. The molecule has 0 spiro atoms. The number of nitrogens with zero attached hydrogens (tertiary/aromatic N) is 3. The van der Waals surface area contributed by atoms with Gasteiger partial charge in [-0.3, -0.25) is 24.1 Å². The first kappa shape index (κ1) is 23.2. The lowest BCUT2D eigenvalue weighted by atomic mass is 9.75. The van der Waals surface area contributed by atoms with Crippen molar-refractivity contribution in [2.45, 2.75) is 47.0 Å². The highest BCUT2D eigenvalue weighted by Crippen LogP contribution is 2.33. The van der Waals surface area contributed by atoms with Crippen molar-refractivity contribution in [3.8, 4) is 0 Å². The molecule has 0 aromatic carbocycles. The van der Waals surface area contributed by atoms with E-state index in [4.69, 9.17) is 0 Å². The standard InChI is InChI=1S/C23H34N4O4/c1-5-26(6-2)20(29)15-25-8-7-9-27(11-10-25)22(31)17-12-16-18(24-21(17)30)13-23(3,4)14-19(16)28/h12H,5-11,13-15H2,1-4H3,(H,24,30). The smallest absolute Gasteiger partial charge is 0.261 e. The van der Waals surface area contributed by atoms with Crippen molar-refractivity contribution in [3.63, 3.8) is 0 Å².